The number of hydrogen-bond acceptors (Lipinski definition) is 4. The first kappa shape index (κ1) is 25.4. The van der Waals surface area contributed by atoms with Crippen LogP contribution in [-0.2, 0) is 40.4 Å². The highest BCUT2D eigenvalue weighted by Crippen LogP contribution is 2.25. The van der Waals surface area contributed by atoms with Gasteiger partial charge in [0.2, 0.25) is 11.8 Å². The summed E-state index contributed by atoms with van der Waals surface area (Å²) in [4.78, 5) is 30.7. The smallest absolute Gasteiger partial charge is 0.243 e. The van der Waals surface area contributed by atoms with Gasteiger partial charge in [0.15, 0.2) is 0 Å². The molecule has 6 heteroatoms. The molecule has 3 atom stereocenters. The first-order chi connectivity index (χ1) is 16.8. The van der Waals surface area contributed by atoms with Crippen LogP contribution in [0.3, 0.4) is 0 Å². The van der Waals surface area contributed by atoms with Crippen LogP contribution in [0.5, 0.6) is 0 Å². The van der Waals surface area contributed by atoms with Gasteiger partial charge < -0.3 is 15.0 Å². The van der Waals surface area contributed by atoms with E-state index in [1.165, 1.54) is 5.56 Å². The Kier molecular flexibility index (Phi) is 8.24. The SMILES string of the molecule is CC(C)CC(=O)N1Cc2ccccc2CC1C(=O)NCc1ccccc1CN1CC(C)OC(C)C1. The van der Waals surface area contributed by atoms with Crippen molar-refractivity contribution in [2.75, 3.05) is 13.1 Å². The Balaban J connectivity index is 1.45. The van der Waals surface area contributed by atoms with E-state index in [-0.39, 0.29) is 29.9 Å². The average molecular weight is 478 g/mol. The lowest BCUT2D eigenvalue weighted by molar-refractivity contribution is -0.142. The predicted molar refractivity (Wildman–Crippen MR) is 138 cm³/mol. The number of rotatable bonds is 7. The van der Waals surface area contributed by atoms with Crippen LogP contribution < -0.4 is 5.32 Å². The molecule has 1 N–H and O–H groups in total. The van der Waals surface area contributed by atoms with Crippen molar-refractivity contribution in [3.63, 3.8) is 0 Å². The van der Waals surface area contributed by atoms with Crippen LogP contribution in [0, 0.1) is 5.92 Å². The van der Waals surface area contributed by atoms with Crippen LogP contribution in [0.15, 0.2) is 48.5 Å². The molecule has 188 valence electrons. The molecule has 6 nitrogen and oxygen atoms in total. The van der Waals surface area contributed by atoms with Crippen molar-refractivity contribution in [2.24, 2.45) is 5.92 Å². The molecule has 0 aliphatic carbocycles. The van der Waals surface area contributed by atoms with Gasteiger partial charge in [0.05, 0.1) is 12.2 Å². The summed E-state index contributed by atoms with van der Waals surface area (Å²) in [5, 5.41) is 3.16. The molecule has 0 saturated carbocycles. The second-order valence-corrected chi connectivity index (χ2v) is 10.5. The Morgan fingerprint density at radius 3 is 2.29 bits per heavy atom. The quantitative estimate of drug-likeness (QED) is 0.657. The fraction of sp³-hybridized carbons (Fsp3) is 0.517. The zero-order chi connectivity index (χ0) is 24.9. The number of fused-ring (bicyclic) bond motifs is 1. The second-order valence-electron chi connectivity index (χ2n) is 10.5. The molecule has 2 heterocycles. The van der Waals surface area contributed by atoms with Gasteiger partial charge in [-0.05, 0) is 42.0 Å². The number of carbonyl (C=O) groups is 2. The first-order valence-corrected chi connectivity index (χ1v) is 12.9. The molecule has 3 unspecified atom stereocenters. The van der Waals surface area contributed by atoms with Gasteiger partial charge >= 0.3 is 0 Å². The van der Waals surface area contributed by atoms with Crippen LogP contribution >= 0.6 is 0 Å². The lowest BCUT2D eigenvalue weighted by atomic mass is 9.92. The van der Waals surface area contributed by atoms with Crippen LogP contribution in [0.25, 0.3) is 0 Å². The van der Waals surface area contributed by atoms with Crippen LogP contribution in [0.2, 0.25) is 0 Å². The van der Waals surface area contributed by atoms with E-state index in [1.807, 2.05) is 32.0 Å². The van der Waals surface area contributed by atoms with Crippen molar-refractivity contribution in [3.8, 4) is 0 Å². The van der Waals surface area contributed by atoms with Crippen LogP contribution in [-0.4, -0.2) is 53.0 Å². The molecule has 2 amide bonds. The number of morpholine rings is 1. The Morgan fingerprint density at radius 1 is 0.971 bits per heavy atom. The minimum Gasteiger partial charge on any atom is -0.373 e. The van der Waals surface area contributed by atoms with Gasteiger partial charge in [-0.3, -0.25) is 14.5 Å². The van der Waals surface area contributed by atoms with E-state index in [0.717, 1.165) is 36.3 Å². The zero-order valence-corrected chi connectivity index (χ0v) is 21.5. The summed E-state index contributed by atoms with van der Waals surface area (Å²) in [5.41, 5.74) is 4.62. The highest BCUT2D eigenvalue weighted by molar-refractivity contribution is 5.88. The Labute approximate surface area is 209 Å². The summed E-state index contributed by atoms with van der Waals surface area (Å²) in [5.74, 6) is 0.214. The van der Waals surface area contributed by atoms with E-state index in [9.17, 15) is 9.59 Å². The fourth-order valence-electron chi connectivity index (χ4n) is 5.32. The Hall–Kier alpha value is -2.70. The van der Waals surface area contributed by atoms with E-state index in [0.29, 0.717) is 25.9 Å². The molecule has 4 rings (SSSR count). The Bertz CT molecular complexity index is 1030. The van der Waals surface area contributed by atoms with Crippen molar-refractivity contribution in [2.45, 2.75) is 78.4 Å². The van der Waals surface area contributed by atoms with Gasteiger partial charge in [-0.25, -0.2) is 0 Å². The van der Waals surface area contributed by atoms with Gasteiger partial charge in [-0.1, -0.05) is 62.4 Å². The molecule has 2 aromatic carbocycles. The normalized spacial score (nSPS) is 22.7. The number of nitrogens with zero attached hydrogens (tertiary/aromatic N) is 2. The molecule has 35 heavy (non-hydrogen) atoms. The van der Waals surface area contributed by atoms with E-state index in [1.54, 1.807) is 4.90 Å². The van der Waals surface area contributed by atoms with Gasteiger partial charge in [-0.15, -0.1) is 0 Å². The lowest BCUT2D eigenvalue weighted by Crippen LogP contribution is -2.52. The number of nitrogens with one attached hydrogen (secondary N) is 1. The third-order valence-corrected chi connectivity index (χ3v) is 6.92. The van der Waals surface area contributed by atoms with Gasteiger partial charge in [-0.2, -0.15) is 0 Å². The summed E-state index contributed by atoms with van der Waals surface area (Å²) in [6.45, 7) is 11.9. The molecule has 2 aliphatic rings. The van der Waals surface area contributed by atoms with E-state index in [4.69, 9.17) is 4.74 Å². The minimum atomic E-state index is -0.482. The largest absolute Gasteiger partial charge is 0.373 e. The molecule has 2 aliphatic heterocycles. The molecular formula is C29H39N3O3. The predicted octanol–water partition coefficient (Wildman–Crippen LogP) is 3.91. The van der Waals surface area contributed by atoms with Gasteiger partial charge in [0.1, 0.15) is 6.04 Å². The number of amides is 2. The molecule has 1 fully saturated rings. The van der Waals surface area contributed by atoms with Gasteiger partial charge in [0, 0.05) is 45.6 Å². The highest BCUT2D eigenvalue weighted by Gasteiger charge is 2.34. The standard InChI is InChI=1S/C29H39N3O3/c1-20(2)13-28(33)32-19-26-12-7-5-9-23(26)14-27(32)29(34)30-15-24-10-6-8-11-25(24)18-31-16-21(3)35-22(4)17-31/h5-12,20-22,27H,13-19H2,1-4H3,(H,30,34). The zero-order valence-electron chi connectivity index (χ0n) is 21.5. The first-order valence-electron chi connectivity index (χ1n) is 12.9. The Morgan fingerprint density at radius 2 is 1.60 bits per heavy atom. The topological polar surface area (TPSA) is 61.9 Å². The van der Waals surface area contributed by atoms with Gasteiger partial charge in [0.25, 0.3) is 0 Å². The minimum absolute atomic E-state index is 0.0469. The molecule has 0 aromatic heterocycles. The number of ether oxygens (including phenoxy) is 1. The third-order valence-electron chi connectivity index (χ3n) is 6.92. The number of hydrogen-bond donors (Lipinski definition) is 1. The van der Waals surface area contributed by atoms with Crippen LogP contribution in [0.4, 0.5) is 0 Å². The molecule has 0 radical (unpaired) electrons. The number of carbonyl (C=O) groups excluding carboxylic acids is 2. The molecule has 1 saturated heterocycles. The summed E-state index contributed by atoms with van der Waals surface area (Å²) in [6, 6.07) is 15.9. The molecule has 0 spiro atoms. The number of benzene rings is 2. The summed E-state index contributed by atoms with van der Waals surface area (Å²) in [7, 11) is 0. The van der Waals surface area contributed by atoms with Crippen molar-refractivity contribution in [3.05, 3.63) is 70.8 Å². The molecule has 2 aromatic rings. The maximum atomic E-state index is 13.4. The average Bonchev–Trinajstić information content (AvgIpc) is 2.81. The monoisotopic (exact) mass is 477 g/mol. The van der Waals surface area contributed by atoms with Crippen LogP contribution in [0.1, 0.15) is 56.4 Å². The highest BCUT2D eigenvalue weighted by atomic mass is 16.5. The summed E-state index contributed by atoms with van der Waals surface area (Å²) < 4.78 is 5.88. The summed E-state index contributed by atoms with van der Waals surface area (Å²) >= 11 is 0. The van der Waals surface area contributed by atoms with Crippen molar-refractivity contribution < 1.29 is 14.3 Å². The summed E-state index contributed by atoms with van der Waals surface area (Å²) in [6.07, 6.45) is 1.44. The molecule has 0 bridgehead atoms. The fourth-order valence-corrected chi connectivity index (χ4v) is 5.32. The van der Waals surface area contributed by atoms with Crippen molar-refractivity contribution in [1.82, 2.24) is 15.1 Å². The van der Waals surface area contributed by atoms with E-state index < -0.39 is 6.04 Å². The van der Waals surface area contributed by atoms with E-state index >= 15 is 0 Å². The van der Waals surface area contributed by atoms with E-state index in [2.05, 4.69) is 54.4 Å². The lowest BCUT2D eigenvalue weighted by Gasteiger charge is -2.36. The maximum Gasteiger partial charge on any atom is 0.243 e. The third kappa shape index (κ3) is 6.50. The van der Waals surface area contributed by atoms with Crippen molar-refractivity contribution in [1.29, 1.82) is 0 Å². The maximum absolute atomic E-state index is 13.4. The molecular weight excluding hydrogens is 438 g/mol. The second kappa shape index (κ2) is 11.4. The van der Waals surface area contributed by atoms with Crippen molar-refractivity contribution >= 4 is 11.8 Å².